The van der Waals surface area contributed by atoms with Crippen LogP contribution in [0.1, 0.15) is 33.5 Å². The highest BCUT2D eigenvalue weighted by molar-refractivity contribution is 7.09. The summed E-state index contributed by atoms with van der Waals surface area (Å²) in [5.41, 5.74) is 2.22. The number of amides is 1. The Kier molecular flexibility index (Phi) is 3.81. The second-order valence-corrected chi connectivity index (χ2v) is 5.50. The average molecular weight is 263 g/mol. The van der Waals surface area contributed by atoms with E-state index in [9.17, 15) is 4.79 Å². The van der Waals surface area contributed by atoms with E-state index in [-0.39, 0.29) is 11.9 Å². The third-order valence-corrected chi connectivity index (χ3v) is 3.72. The van der Waals surface area contributed by atoms with E-state index < -0.39 is 0 Å². The van der Waals surface area contributed by atoms with E-state index >= 15 is 0 Å². The SMILES string of the molecule is Cc1n[nH]c(C)c1C(=O)NC(C)Cc1cccs1. The first-order valence-corrected chi connectivity index (χ1v) is 6.80. The molecule has 1 amide bonds. The monoisotopic (exact) mass is 263 g/mol. The van der Waals surface area contributed by atoms with Gasteiger partial charge in [-0.2, -0.15) is 5.10 Å². The van der Waals surface area contributed by atoms with Gasteiger partial charge in [0.05, 0.1) is 11.3 Å². The van der Waals surface area contributed by atoms with Gasteiger partial charge in [-0.1, -0.05) is 6.07 Å². The van der Waals surface area contributed by atoms with E-state index in [0.29, 0.717) is 5.56 Å². The minimum Gasteiger partial charge on any atom is -0.349 e. The van der Waals surface area contributed by atoms with E-state index in [4.69, 9.17) is 0 Å². The smallest absolute Gasteiger partial charge is 0.255 e. The molecule has 4 nitrogen and oxygen atoms in total. The zero-order chi connectivity index (χ0) is 13.1. The van der Waals surface area contributed by atoms with Gasteiger partial charge in [-0.3, -0.25) is 9.89 Å². The molecule has 0 spiro atoms. The number of nitrogens with one attached hydrogen (secondary N) is 2. The van der Waals surface area contributed by atoms with E-state index in [1.807, 2.05) is 32.2 Å². The molecule has 2 rings (SSSR count). The van der Waals surface area contributed by atoms with Crippen LogP contribution in [-0.4, -0.2) is 22.1 Å². The normalized spacial score (nSPS) is 12.4. The molecule has 1 unspecified atom stereocenters. The number of carbonyl (C=O) groups excluding carboxylic acids is 1. The Morgan fingerprint density at radius 2 is 2.33 bits per heavy atom. The molecular formula is C13H17N3OS. The molecule has 1 atom stereocenters. The molecule has 2 heterocycles. The van der Waals surface area contributed by atoms with Crippen molar-refractivity contribution < 1.29 is 4.79 Å². The molecule has 0 aromatic carbocycles. The van der Waals surface area contributed by atoms with Crippen molar-refractivity contribution in [2.75, 3.05) is 0 Å². The molecule has 0 bridgehead atoms. The van der Waals surface area contributed by atoms with Gasteiger partial charge >= 0.3 is 0 Å². The fraction of sp³-hybridized carbons (Fsp3) is 0.385. The van der Waals surface area contributed by atoms with Crippen molar-refractivity contribution >= 4 is 17.2 Å². The zero-order valence-electron chi connectivity index (χ0n) is 10.8. The molecule has 18 heavy (non-hydrogen) atoms. The Balaban J connectivity index is 1.99. The average Bonchev–Trinajstić information content (AvgIpc) is 2.89. The minimum atomic E-state index is -0.0530. The molecule has 2 aromatic heterocycles. The lowest BCUT2D eigenvalue weighted by atomic mass is 10.1. The highest BCUT2D eigenvalue weighted by Crippen LogP contribution is 2.13. The van der Waals surface area contributed by atoms with Crippen molar-refractivity contribution in [3.63, 3.8) is 0 Å². The Labute approximate surface area is 110 Å². The summed E-state index contributed by atoms with van der Waals surface area (Å²) in [5.74, 6) is -0.0530. The number of thiophene rings is 1. The van der Waals surface area contributed by atoms with Crippen LogP contribution in [0.15, 0.2) is 17.5 Å². The summed E-state index contributed by atoms with van der Waals surface area (Å²) in [7, 11) is 0. The topological polar surface area (TPSA) is 57.8 Å². The van der Waals surface area contributed by atoms with Gasteiger partial charge in [0.25, 0.3) is 5.91 Å². The number of nitrogens with zero attached hydrogens (tertiary/aromatic N) is 1. The lowest BCUT2D eigenvalue weighted by molar-refractivity contribution is 0.0939. The van der Waals surface area contributed by atoms with Crippen LogP contribution in [0.5, 0.6) is 0 Å². The predicted molar refractivity (Wildman–Crippen MR) is 73.0 cm³/mol. The highest BCUT2D eigenvalue weighted by Gasteiger charge is 2.17. The molecule has 2 aromatic rings. The van der Waals surface area contributed by atoms with Crippen LogP contribution in [0, 0.1) is 13.8 Å². The van der Waals surface area contributed by atoms with Crippen LogP contribution >= 0.6 is 11.3 Å². The summed E-state index contributed by atoms with van der Waals surface area (Å²) in [6, 6.07) is 4.23. The molecule has 0 saturated heterocycles. The molecule has 0 radical (unpaired) electrons. The third kappa shape index (κ3) is 2.79. The zero-order valence-corrected chi connectivity index (χ0v) is 11.6. The second-order valence-electron chi connectivity index (χ2n) is 4.47. The van der Waals surface area contributed by atoms with Crippen molar-refractivity contribution in [3.8, 4) is 0 Å². The summed E-state index contributed by atoms with van der Waals surface area (Å²) in [6.45, 7) is 5.71. The maximum atomic E-state index is 12.1. The van der Waals surface area contributed by atoms with Crippen LogP contribution in [0.25, 0.3) is 0 Å². The summed E-state index contributed by atoms with van der Waals surface area (Å²) in [5, 5.41) is 11.9. The van der Waals surface area contributed by atoms with Crippen LogP contribution in [-0.2, 0) is 6.42 Å². The van der Waals surface area contributed by atoms with Crippen LogP contribution in [0.3, 0.4) is 0 Å². The molecule has 0 saturated carbocycles. The maximum absolute atomic E-state index is 12.1. The minimum absolute atomic E-state index is 0.0530. The maximum Gasteiger partial charge on any atom is 0.255 e. The molecule has 0 fully saturated rings. The second kappa shape index (κ2) is 5.35. The van der Waals surface area contributed by atoms with Gasteiger partial charge in [0.15, 0.2) is 0 Å². The summed E-state index contributed by atoms with van der Waals surface area (Å²) in [6.07, 6.45) is 0.860. The fourth-order valence-electron chi connectivity index (χ4n) is 1.96. The quantitative estimate of drug-likeness (QED) is 0.890. The van der Waals surface area contributed by atoms with Gasteiger partial charge in [0.2, 0.25) is 0 Å². The van der Waals surface area contributed by atoms with Gasteiger partial charge < -0.3 is 5.32 Å². The number of rotatable bonds is 4. The van der Waals surface area contributed by atoms with E-state index in [1.54, 1.807) is 11.3 Å². The highest BCUT2D eigenvalue weighted by atomic mass is 32.1. The van der Waals surface area contributed by atoms with Crippen molar-refractivity contribution in [3.05, 3.63) is 39.3 Å². The van der Waals surface area contributed by atoms with Crippen molar-refractivity contribution in [2.45, 2.75) is 33.2 Å². The number of aromatic amines is 1. The van der Waals surface area contributed by atoms with E-state index in [0.717, 1.165) is 17.8 Å². The van der Waals surface area contributed by atoms with Crippen LogP contribution < -0.4 is 5.32 Å². The molecule has 5 heteroatoms. The van der Waals surface area contributed by atoms with Crippen molar-refractivity contribution in [1.29, 1.82) is 0 Å². The van der Waals surface area contributed by atoms with Gasteiger partial charge in [0, 0.05) is 23.0 Å². The molecule has 0 aliphatic rings. The van der Waals surface area contributed by atoms with Crippen LogP contribution in [0.4, 0.5) is 0 Å². The summed E-state index contributed by atoms with van der Waals surface area (Å²) < 4.78 is 0. The molecular weight excluding hydrogens is 246 g/mol. The lowest BCUT2D eigenvalue weighted by Gasteiger charge is -2.13. The van der Waals surface area contributed by atoms with Crippen molar-refractivity contribution in [1.82, 2.24) is 15.5 Å². The summed E-state index contributed by atoms with van der Waals surface area (Å²) >= 11 is 1.71. The number of hydrogen-bond acceptors (Lipinski definition) is 3. The van der Waals surface area contributed by atoms with Gasteiger partial charge in [-0.15, -0.1) is 11.3 Å². The Morgan fingerprint density at radius 1 is 1.56 bits per heavy atom. The van der Waals surface area contributed by atoms with Crippen LogP contribution in [0.2, 0.25) is 0 Å². The number of hydrogen-bond donors (Lipinski definition) is 2. The van der Waals surface area contributed by atoms with E-state index in [1.165, 1.54) is 4.88 Å². The number of aromatic nitrogens is 2. The van der Waals surface area contributed by atoms with Gasteiger partial charge in [-0.05, 0) is 32.2 Å². The molecule has 0 aliphatic carbocycles. The molecule has 96 valence electrons. The third-order valence-electron chi connectivity index (χ3n) is 2.82. The Morgan fingerprint density at radius 3 is 2.89 bits per heavy atom. The predicted octanol–water partition coefficient (Wildman–Crippen LogP) is 2.45. The van der Waals surface area contributed by atoms with Crippen molar-refractivity contribution in [2.24, 2.45) is 0 Å². The van der Waals surface area contributed by atoms with E-state index in [2.05, 4.69) is 21.6 Å². The van der Waals surface area contributed by atoms with Gasteiger partial charge in [-0.25, -0.2) is 0 Å². The number of aryl methyl sites for hydroxylation is 2. The number of H-pyrrole nitrogens is 1. The first-order chi connectivity index (χ1) is 8.58. The Hall–Kier alpha value is -1.62. The van der Waals surface area contributed by atoms with Gasteiger partial charge in [0.1, 0.15) is 0 Å². The first kappa shape index (κ1) is 12.8. The largest absolute Gasteiger partial charge is 0.349 e. The summed E-state index contributed by atoms with van der Waals surface area (Å²) in [4.78, 5) is 13.4. The number of carbonyl (C=O) groups is 1. The molecule has 0 aliphatic heterocycles. The Bertz CT molecular complexity index is 511. The fourth-order valence-corrected chi connectivity index (χ4v) is 2.80. The molecule has 2 N–H and O–H groups in total. The standard InChI is InChI=1S/C13H17N3OS/c1-8(7-11-5-4-6-18-11)14-13(17)12-9(2)15-16-10(12)3/h4-6,8H,7H2,1-3H3,(H,14,17)(H,15,16). The first-order valence-electron chi connectivity index (χ1n) is 5.92. The lowest BCUT2D eigenvalue weighted by Crippen LogP contribution is -2.34.